The lowest BCUT2D eigenvalue weighted by atomic mass is 10.4. The van der Waals surface area contributed by atoms with Gasteiger partial charge in [0, 0.05) is 4.88 Å². The lowest BCUT2D eigenvalue weighted by molar-refractivity contribution is 1.19. The zero-order valence-electron chi connectivity index (χ0n) is 7.19. The van der Waals surface area contributed by atoms with Gasteiger partial charge in [0.25, 0.3) is 0 Å². The first kappa shape index (κ1) is 8.19. The molecule has 0 amide bonds. The van der Waals surface area contributed by atoms with Crippen LogP contribution in [0, 0.1) is 6.92 Å². The second-order valence-electron chi connectivity index (χ2n) is 2.75. The van der Waals surface area contributed by atoms with Crippen LogP contribution in [-0.4, -0.2) is 9.97 Å². The Hall–Kier alpha value is -1.42. The Morgan fingerprint density at radius 3 is 2.46 bits per heavy atom. The molecule has 13 heavy (non-hydrogen) atoms. The Kier molecular flexibility index (Phi) is 1.98. The van der Waals surface area contributed by atoms with Gasteiger partial charge in [-0.05, 0) is 19.1 Å². The average molecular weight is 191 g/mol. The molecule has 0 spiro atoms. The molecule has 2 rings (SSSR count). The van der Waals surface area contributed by atoms with Crippen LogP contribution in [0.25, 0.3) is 10.7 Å². The molecule has 0 saturated carbocycles. The third-order valence-corrected chi connectivity index (χ3v) is 2.63. The van der Waals surface area contributed by atoms with Crippen LogP contribution in [0.5, 0.6) is 0 Å². The second kappa shape index (κ2) is 3.14. The van der Waals surface area contributed by atoms with Crippen LogP contribution in [0.15, 0.2) is 24.5 Å². The molecule has 0 unspecified atom stereocenters. The average Bonchev–Trinajstić information content (AvgIpc) is 2.53. The van der Waals surface area contributed by atoms with E-state index < -0.39 is 0 Å². The van der Waals surface area contributed by atoms with Gasteiger partial charge in [-0.2, -0.15) is 0 Å². The predicted octanol–water partition coefficient (Wildman–Crippen LogP) is 2.10. The van der Waals surface area contributed by atoms with Gasteiger partial charge in [0.1, 0.15) is 0 Å². The van der Waals surface area contributed by atoms with Gasteiger partial charge in [-0.25, -0.2) is 9.97 Å². The van der Waals surface area contributed by atoms with E-state index in [0.29, 0.717) is 5.69 Å². The molecule has 0 aliphatic heterocycles. The van der Waals surface area contributed by atoms with Crippen molar-refractivity contribution in [3.8, 4) is 10.7 Å². The highest BCUT2D eigenvalue weighted by molar-refractivity contribution is 7.15. The Bertz CT molecular complexity index is 405. The molecule has 4 heteroatoms. The van der Waals surface area contributed by atoms with E-state index in [4.69, 9.17) is 5.73 Å². The number of hydrogen-bond acceptors (Lipinski definition) is 4. The molecule has 0 aromatic carbocycles. The monoisotopic (exact) mass is 191 g/mol. The minimum atomic E-state index is 0.594. The minimum Gasteiger partial charge on any atom is -0.396 e. The third-order valence-electron chi connectivity index (χ3n) is 1.63. The van der Waals surface area contributed by atoms with Crippen molar-refractivity contribution in [2.75, 3.05) is 5.73 Å². The third kappa shape index (κ3) is 1.67. The summed E-state index contributed by atoms with van der Waals surface area (Å²) in [7, 11) is 0. The number of nitrogen functional groups attached to an aromatic ring is 1. The molecule has 0 fully saturated rings. The van der Waals surface area contributed by atoms with E-state index in [-0.39, 0.29) is 0 Å². The Morgan fingerprint density at radius 1 is 1.23 bits per heavy atom. The van der Waals surface area contributed by atoms with Gasteiger partial charge in [-0.3, -0.25) is 0 Å². The summed E-state index contributed by atoms with van der Waals surface area (Å²) in [6, 6.07) is 4.07. The van der Waals surface area contributed by atoms with Crippen LogP contribution >= 0.6 is 11.3 Å². The van der Waals surface area contributed by atoms with Gasteiger partial charge in [0.05, 0.1) is 23.0 Å². The quantitative estimate of drug-likeness (QED) is 0.751. The summed E-state index contributed by atoms with van der Waals surface area (Å²) in [6.45, 7) is 2.06. The number of anilines is 1. The van der Waals surface area contributed by atoms with Gasteiger partial charge in [0.15, 0.2) is 5.82 Å². The number of aryl methyl sites for hydroxylation is 1. The summed E-state index contributed by atoms with van der Waals surface area (Å²) >= 11 is 1.68. The van der Waals surface area contributed by atoms with E-state index in [9.17, 15) is 0 Å². The molecule has 0 atom stereocenters. The van der Waals surface area contributed by atoms with Gasteiger partial charge in [-0.1, -0.05) is 0 Å². The van der Waals surface area contributed by atoms with Crippen molar-refractivity contribution >= 4 is 17.0 Å². The number of rotatable bonds is 1. The normalized spacial score (nSPS) is 10.2. The minimum absolute atomic E-state index is 0.594. The smallest absolute Gasteiger partial charge is 0.169 e. The maximum atomic E-state index is 5.49. The van der Waals surface area contributed by atoms with Gasteiger partial charge in [-0.15, -0.1) is 11.3 Å². The van der Waals surface area contributed by atoms with E-state index in [2.05, 4.69) is 23.0 Å². The summed E-state index contributed by atoms with van der Waals surface area (Å²) in [5.41, 5.74) is 6.08. The summed E-state index contributed by atoms with van der Waals surface area (Å²) < 4.78 is 0. The maximum Gasteiger partial charge on any atom is 0.169 e. The van der Waals surface area contributed by atoms with E-state index in [1.54, 1.807) is 23.7 Å². The fourth-order valence-corrected chi connectivity index (χ4v) is 1.84. The molecular formula is C9H9N3S. The van der Waals surface area contributed by atoms with Crippen molar-refractivity contribution in [2.24, 2.45) is 0 Å². The van der Waals surface area contributed by atoms with Crippen LogP contribution in [0.4, 0.5) is 5.69 Å². The highest BCUT2D eigenvalue weighted by atomic mass is 32.1. The predicted molar refractivity (Wildman–Crippen MR) is 54.5 cm³/mol. The first-order chi connectivity index (χ1) is 6.25. The van der Waals surface area contributed by atoms with Crippen LogP contribution in [0.3, 0.4) is 0 Å². The number of aromatic nitrogens is 2. The number of nitrogens with zero attached hydrogens (tertiary/aromatic N) is 2. The Labute approximate surface area is 80.3 Å². The fraction of sp³-hybridized carbons (Fsp3) is 0.111. The number of nitrogens with two attached hydrogens (primary N) is 1. The second-order valence-corrected chi connectivity index (χ2v) is 4.04. The molecule has 0 aliphatic carbocycles. The largest absolute Gasteiger partial charge is 0.396 e. The zero-order chi connectivity index (χ0) is 9.26. The lowest BCUT2D eigenvalue weighted by Crippen LogP contribution is -1.90. The highest BCUT2D eigenvalue weighted by Gasteiger charge is 2.02. The number of hydrogen-bond donors (Lipinski definition) is 1. The van der Waals surface area contributed by atoms with Gasteiger partial charge < -0.3 is 5.73 Å². The van der Waals surface area contributed by atoms with Crippen molar-refractivity contribution < 1.29 is 0 Å². The molecule has 3 nitrogen and oxygen atoms in total. The number of thiophene rings is 1. The van der Waals surface area contributed by atoms with Crippen molar-refractivity contribution in [1.82, 2.24) is 9.97 Å². The zero-order valence-corrected chi connectivity index (χ0v) is 8.01. The summed E-state index contributed by atoms with van der Waals surface area (Å²) in [5.74, 6) is 0.743. The van der Waals surface area contributed by atoms with Crippen molar-refractivity contribution in [3.63, 3.8) is 0 Å². The first-order valence-corrected chi connectivity index (χ1v) is 4.72. The molecule has 2 aromatic heterocycles. The fourth-order valence-electron chi connectivity index (χ4n) is 1.02. The lowest BCUT2D eigenvalue weighted by Gasteiger charge is -1.94. The molecule has 0 bridgehead atoms. The van der Waals surface area contributed by atoms with Crippen LogP contribution in [0.2, 0.25) is 0 Å². The van der Waals surface area contributed by atoms with E-state index >= 15 is 0 Å². The molecule has 0 saturated heterocycles. The van der Waals surface area contributed by atoms with E-state index in [1.807, 2.05) is 6.07 Å². The van der Waals surface area contributed by atoms with Crippen molar-refractivity contribution in [2.45, 2.75) is 6.92 Å². The highest BCUT2D eigenvalue weighted by Crippen LogP contribution is 2.24. The molecule has 66 valence electrons. The molecule has 2 aromatic rings. The van der Waals surface area contributed by atoms with Gasteiger partial charge in [0.2, 0.25) is 0 Å². The SMILES string of the molecule is Cc1ccc(-c2ncc(N)cn2)s1. The van der Waals surface area contributed by atoms with Crippen LogP contribution < -0.4 is 5.73 Å². The molecule has 2 heterocycles. The summed E-state index contributed by atoms with van der Waals surface area (Å²) in [4.78, 5) is 10.6. The topological polar surface area (TPSA) is 51.8 Å². The first-order valence-electron chi connectivity index (χ1n) is 3.90. The standard InChI is InChI=1S/C9H9N3S/c1-6-2-3-8(13-6)9-11-4-7(10)5-12-9/h2-5H,10H2,1H3. The molecule has 0 aliphatic rings. The van der Waals surface area contributed by atoms with Crippen molar-refractivity contribution in [3.05, 3.63) is 29.4 Å². The van der Waals surface area contributed by atoms with E-state index in [1.165, 1.54) is 4.88 Å². The molecular weight excluding hydrogens is 182 g/mol. The summed E-state index contributed by atoms with van der Waals surface area (Å²) in [6.07, 6.45) is 3.24. The van der Waals surface area contributed by atoms with E-state index in [0.717, 1.165) is 10.7 Å². The van der Waals surface area contributed by atoms with Crippen molar-refractivity contribution in [1.29, 1.82) is 0 Å². The van der Waals surface area contributed by atoms with Crippen LogP contribution in [0.1, 0.15) is 4.88 Å². The Morgan fingerprint density at radius 2 is 1.92 bits per heavy atom. The molecule has 2 N–H and O–H groups in total. The Balaban J connectivity index is 2.41. The molecule has 0 radical (unpaired) electrons. The van der Waals surface area contributed by atoms with Crippen LogP contribution in [-0.2, 0) is 0 Å². The summed E-state index contributed by atoms with van der Waals surface area (Å²) in [5, 5.41) is 0. The maximum absolute atomic E-state index is 5.49. The van der Waals surface area contributed by atoms with Gasteiger partial charge >= 0.3 is 0 Å².